The molecule has 27 heavy (non-hydrogen) atoms. The summed E-state index contributed by atoms with van der Waals surface area (Å²) in [6.07, 6.45) is 11.4. The third-order valence-electron chi connectivity index (χ3n) is 6.61. The van der Waals surface area contributed by atoms with Gasteiger partial charge in [-0.25, -0.2) is 0 Å². The largest absolute Gasteiger partial charge is 0.349 e. The molecule has 1 atom stereocenters. The maximum atomic E-state index is 12.7. The van der Waals surface area contributed by atoms with Crippen LogP contribution in [-0.4, -0.2) is 65.4 Å². The summed E-state index contributed by atoms with van der Waals surface area (Å²) in [6, 6.07) is 3.74. The third-order valence-corrected chi connectivity index (χ3v) is 6.61. The van der Waals surface area contributed by atoms with Gasteiger partial charge in [0.15, 0.2) is 0 Å². The summed E-state index contributed by atoms with van der Waals surface area (Å²) in [5.41, 5.74) is 0.874. The molecule has 1 aromatic rings. The van der Waals surface area contributed by atoms with Crippen molar-refractivity contribution in [1.29, 1.82) is 0 Å². The summed E-state index contributed by atoms with van der Waals surface area (Å²) in [6.45, 7) is 4.36. The highest BCUT2D eigenvalue weighted by Crippen LogP contribution is 2.53. The van der Waals surface area contributed by atoms with Crippen molar-refractivity contribution in [3.63, 3.8) is 0 Å². The number of pyridine rings is 1. The van der Waals surface area contributed by atoms with E-state index in [9.17, 15) is 9.59 Å². The number of aromatic nitrogens is 1. The van der Waals surface area contributed by atoms with E-state index in [1.54, 1.807) is 24.5 Å². The van der Waals surface area contributed by atoms with Crippen molar-refractivity contribution < 1.29 is 9.59 Å². The van der Waals surface area contributed by atoms with Crippen molar-refractivity contribution in [2.45, 2.75) is 51.0 Å². The molecule has 1 unspecified atom stereocenters. The predicted octanol–water partition coefficient (Wildman–Crippen LogP) is 2.07. The Bertz CT molecular complexity index is 662. The van der Waals surface area contributed by atoms with Crippen LogP contribution < -0.4 is 5.32 Å². The average Bonchev–Trinajstić information content (AvgIpc) is 3.42. The lowest BCUT2D eigenvalue weighted by Crippen LogP contribution is -2.46. The summed E-state index contributed by atoms with van der Waals surface area (Å²) in [7, 11) is 0. The Balaban J connectivity index is 1.23. The van der Waals surface area contributed by atoms with Gasteiger partial charge in [-0.2, -0.15) is 0 Å². The van der Waals surface area contributed by atoms with Crippen LogP contribution in [0.5, 0.6) is 0 Å². The molecule has 4 rings (SSSR count). The van der Waals surface area contributed by atoms with E-state index in [0.29, 0.717) is 12.1 Å². The lowest BCUT2D eigenvalue weighted by molar-refractivity contribution is -0.134. The molecule has 1 N–H and O–H groups in total. The number of rotatable bonds is 4. The van der Waals surface area contributed by atoms with Gasteiger partial charge in [-0.1, -0.05) is 12.8 Å². The Morgan fingerprint density at radius 2 is 1.70 bits per heavy atom. The van der Waals surface area contributed by atoms with Gasteiger partial charge in [-0.15, -0.1) is 0 Å². The molecular weight excluding hydrogens is 340 g/mol. The standard InChI is InChI=1S/C21H30N4O2/c26-19(16-24-11-3-1-2-4-12-24)25-13-7-21(8-14-25)15-18(21)23-20(27)17-5-9-22-10-6-17/h5-6,9-10,18H,1-4,7-8,11-16H2,(H,23,27). The van der Waals surface area contributed by atoms with Gasteiger partial charge in [0.1, 0.15) is 0 Å². The monoisotopic (exact) mass is 370 g/mol. The zero-order valence-corrected chi connectivity index (χ0v) is 16.0. The number of nitrogens with zero attached hydrogens (tertiary/aromatic N) is 3. The van der Waals surface area contributed by atoms with Crippen LogP contribution in [0.1, 0.15) is 55.3 Å². The SMILES string of the molecule is O=C(NC1CC12CCN(C(=O)CN1CCCCCC1)CC2)c1ccncc1. The highest BCUT2D eigenvalue weighted by Gasteiger charge is 2.55. The van der Waals surface area contributed by atoms with Crippen LogP contribution in [0, 0.1) is 5.41 Å². The Morgan fingerprint density at radius 3 is 2.37 bits per heavy atom. The number of amides is 2. The second kappa shape index (κ2) is 7.97. The van der Waals surface area contributed by atoms with Crippen LogP contribution in [0.25, 0.3) is 0 Å². The fourth-order valence-corrected chi connectivity index (χ4v) is 4.64. The first kappa shape index (κ1) is 18.4. The molecule has 1 spiro atoms. The van der Waals surface area contributed by atoms with Crippen molar-refractivity contribution >= 4 is 11.8 Å². The number of carbonyl (C=O) groups excluding carboxylic acids is 2. The van der Waals surface area contributed by atoms with Crippen LogP contribution in [0.15, 0.2) is 24.5 Å². The van der Waals surface area contributed by atoms with Crippen LogP contribution in [-0.2, 0) is 4.79 Å². The van der Waals surface area contributed by atoms with Crippen LogP contribution in [0.3, 0.4) is 0 Å². The van der Waals surface area contributed by atoms with Crippen molar-refractivity contribution in [2.24, 2.45) is 5.41 Å². The number of hydrogen-bond donors (Lipinski definition) is 1. The quantitative estimate of drug-likeness (QED) is 0.881. The summed E-state index contributed by atoms with van der Waals surface area (Å²) >= 11 is 0. The van der Waals surface area contributed by atoms with Gasteiger partial charge in [0.05, 0.1) is 6.54 Å². The number of likely N-dealkylation sites (tertiary alicyclic amines) is 2. The molecule has 6 heteroatoms. The first-order chi connectivity index (χ1) is 13.2. The molecule has 2 amide bonds. The summed E-state index contributed by atoms with van der Waals surface area (Å²) in [4.78, 5) is 33.3. The van der Waals surface area contributed by atoms with E-state index < -0.39 is 0 Å². The van der Waals surface area contributed by atoms with Crippen molar-refractivity contribution in [1.82, 2.24) is 20.1 Å². The van der Waals surface area contributed by atoms with E-state index >= 15 is 0 Å². The van der Waals surface area contributed by atoms with Gasteiger partial charge in [0.25, 0.3) is 5.91 Å². The first-order valence-corrected chi connectivity index (χ1v) is 10.4. The number of piperidine rings is 1. The fourth-order valence-electron chi connectivity index (χ4n) is 4.64. The van der Waals surface area contributed by atoms with Crippen molar-refractivity contribution in [3.8, 4) is 0 Å². The van der Waals surface area contributed by atoms with Gasteiger partial charge in [-0.05, 0) is 62.7 Å². The van der Waals surface area contributed by atoms with Crippen molar-refractivity contribution in [2.75, 3.05) is 32.7 Å². The van der Waals surface area contributed by atoms with Gasteiger partial charge >= 0.3 is 0 Å². The molecule has 3 heterocycles. The highest BCUT2D eigenvalue weighted by molar-refractivity contribution is 5.94. The summed E-state index contributed by atoms with van der Waals surface area (Å²) < 4.78 is 0. The molecule has 2 aliphatic heterocycles. The van der Waals surface area contributed by atoms with Gasteiger partial charge in [0, 0.05) is 37.1 Å². The van der Waals surface area contributed by atoms with Crippen molar-refractivity contribution in [3.05, 3.63) is 30.1 Å². The lowest BCUT2D eigenvalue weighted by atomic mass is 9.92. The Hall–Kier alpha value is -1.95. The molecular formula is C21H30N4O2. The Kier molecular flexibility index (Phi) is 5.43. The fraction of sp³-hybridized carbons (Fsp3) is 0.667. The topological polar surface area (TPSA) is 65.5 Å². The second-order valence-corrected chi connectivity index (χ2v) is 8.40. The normalized spacial score (nSPS) is 25.0. The van der Waals surface area contributed by atoms with E-state index in [-0.39, 0.29) is 23.3 Å². The maximum absolute atomic E-state index is 12.7. The summed E-state index contributed by atoms with van der Waals surface area (Å²) in [5, 5.41) is 3.17. The van der Waals surface area contributed by atoms with E-state index in [0.717, 1.165) is 45.4 Å². The predicted molar refractivity (Wildman–Crippen MR) is 103 cm³/mol. The summed E-state index contributed by atoms with van der Waals surface area (Å²) in [5.74, 6) is 0.267. The molecule has 0 bridgehead atoms. The molecule has 3 aliphatic rings. The van der Waals surface area contributed by atoms with Crippen LogP contribution in [0.4, 0.5) is 0 Å². The van der Waals surface area contributed by atoms with E-state index in [1.807, 2.05) is 4.90 Å². The lowest BCUT2D eigenvalue weighted by Gasteiger charge is -2.34. The smallest absolute Gasteiger partial charge is 0.251 e. The maximum Gasteiger partial charge on any atom is 0.251 e. The Morgan fingerprint density at radius 1 is 1.04 bits per heavy atom. The zero-order chi connectivity index (χ0) is 18.7. The molecule has 1 aliphatic carbocycles. The number of hydrogen-bond acceptors (Lipinski definition) is 4. The minimum absolute atomic E-state index is 0.0149. The highest BCUT2D eigenvalue weighted by atomic mass is 16.2. The van der Waals surface area contributed by atoms with E-state index in [4.69, 9.17) is 0 Å². The Labute approximate surface area is 161 Å². The van der Waals surface area contributed by atoms with Crippen LogP contribution in [0.2, 0.25) is 0 Å². The number of nitrogens with one attached hydrogen (secondary N) is 1. The molecule has 1 saturated carbocycles. The molecule has 146 valence electrons. The minimum atomic E-state index is -0.0149. The third kappa shape index (κ3) is 4.32. The second-order valence-electron chi connectivity index (χ2n) is 8.40. The van der Waals surface area contributed by atoms with Gasteiger partial charge in [0.2, 0.25) is 5.91 Å². The molecule has 0 aromatic carbocycles. The van der Waals surface area contributed by atoms with E-state index in [2.05, 4.69) is 15.2 Å². The zero-order valence-electron chi connectivity index (χ0n) is 16.0. The number of carbonyl (C=O) groups is 2. The average molecular weight is 370 g/mol. The molecule has 3 fully saturated rings. The first-order valence-electron chi connectivity index (χ1n) is 10.4. The molecule has 1 aromatic heterocycles. The van der Waals surface area contributed by atoms with Gasteiger partial charge < -0.3 is 10.2 Å². The van der Waals surface area contributed by atoms with Crippen LogP contribution >= 0.6 is 0 Å². The molecule has 6 nitrogen and oxygen atoms in total. The minimum Gasteiger partial charge on any atom is -0.349 e. The van der Waals surface area contributed by atoms with Gasteiger partial charge in [-0.3, -0.25) is 19.5 Å². The molecule has 2 saturated heterocycles. The molecule has 0 radical (unpaired) electrons. The van der Waals surface area contributed by atoms with E-state index in [1.165, 1.54) is 25.7 Å².